The smallest absolute Gasteiger partial charge is 0.391 e. The maximum atomic E-state index is 13.3. The Hall–Kier alpha value is -3.20. The van der Waals surface area contributed by atoms with Crippen LogP contribution in [-0.4, -0.2) is 58.6 Å². The number of fused-ring (bicyclic) bond motifs is 1. The normalized spacial score (nSPS) is 19.3. The van der Waals surface area contributed by atoms with Crippen molar-refractivity contribution < 1.29 is 26.7 Å². The number of halogens is 3. The molecule has 0 bridgehead atoms. The van der Waals surface area contributed by atoms with Gasteiger partial charge in [-0.3, -0.25) is 0 Å². The average molecular weight is 553 g/mol. The van der Waals surface area contributed by atoms with E-state index in [0.717, 1.165) is 34.6 Å². The molecule has 0 radical (unpaired) electrons. The first kappa shape index (κ1) is 25.4. The number of piperazine rings is 1. The molecule has 1 fully saturated rings. The Morgan fingerprint density at radius 2 is 1.84 bits per heavy atom. The maximum Gasteiger partial charge on any atom is 0.421 e. The van der Waals surface area contributed by atoms with Crippen molar-refractivity contribution in [3.05, 3.63) is 66.1 Å². The van der Waals surface area contributed by atoms with Crippen LogP contribution >= 0.6 is 11.3 Å². The van der Waals surface area contributed by atoms with E-state index in [9.17, 15) is 26.7 Å². The zero-order valence-electron chi connectivity index (χ0n) is 19.5. The van der Waals surface area contributed by atoms with Crippen LogP contribution in [0.4, 0.5) is 24.1 Å². The third kappa shape index (κ3) is 4.54. The average Bonchev–Trinajstić information content (AvgIpc) is 3.50. The van der Waals surface area contributed by atoms with E-state index in [1.807, 2.05) is 30.3 Å². The molecule has 0 aliphatic carbocycles. The molecule has 1 unspecified atom stereocenters. The Morgan fingerprint density at radius 3 is 2.46 bits per heavy atom. The van der Waals surface area contributed by atoms with Gasteiger partial charge < -0.3 is 20.7 Å². The number of aliphatic hydroxyl groups is 1. The fraction of sp³-hybridized carbons (Fsp3) is 0.304. The summed E-state index contributed by atoms with van der Waals surface area (Å²) in [5.41, 5.74) is 3.68. The third-order valence-electron chi connectivity index (χ3n) is 6.46. The molecular weight excluding hydrogens is 529 g/mol. The van der Waals surface area contributed by atoms with E-state index in [1.54, 1.807) is 4.90 Å². The second-order valence-electron chi connectivity index (χ2n) is 8.88. The van der Waals surface area contributed by atoms with Crippen molar-refractivity contribution in [2.45, 2.75) is 29.0 Å². The Labute approximate surface area is 214 Å². The van der Waals surface area contributed by atoms with Crippen LogP contribution in [0.15, 0.2) is 59.1 Å². The quantitative estimate of drug-likeness (QED) is 0.345. The van der Waals surface area contributed by atoms with E-state index in [2.05, 4.69) is 15.0 Å². The Balaban J connectivity index is 1.51. The second kappa shape index (κ2) is 8.97. The maximum absolute atomic E-state index is 13.3. The van der Waals surface area contributed by atoms with Gasteiger partial charge in [-0.1, -0.05) is 18.2 Å². The minimum Gasteiger partial charge on any atom is -0.391 e. The van der Waals surface area contributed by atoms with Crippen LogP contribution in [-0.2, 0) is 15.6 Å². The minimum atomic E-state index is -4.91. The largest absolute Gasteiger partial charge is 0.421 e. The lowest BCUT2D eigenvalue weighted by Crippen LogP contribution is -2.51. The van der Waals surface area contributed by atoms with Crippen LogP contribution in [0, 0.1) is 0 Å². The zero-order valence-corrected chi connectivity index (χ0v) is 21.1. The van der Waals surface area contributed by atoms with Gasteiger partial charge in [0.05, 0.1) is 11.0 Å². The topological polar surface area (TPSA) is 128 Å². The van der Waals surface area contributed by atoms with E-state index < -0.39 is 33.4 Å². The van der Waals surface area contributed by atoms with Gasteiger partial charge in [0.15, 0.2) is 5.60 Å². The number of hydrogen-bond acceptors (Lipinski definition) is 8. The molecule has 9 nitrogen and oxygen atoms in total. The summed E-state index contributed by atoms with van der Waals surface area (Å²) in [5, 5.41) is 11.3. The van der Waals surface area contributed by atoms with Gasteiger partial charge >= 0.3 is 6.18 Å². The number of nitrogens with one attached hydrogen (secondary N) is 1. The number of benzene rings is 1. The molecule has 4 N–H and O–H groups in total. The Morgan fingerprint density at radius 1 is 1.14 bits per heavy atom. The van der Waals surface area contributed by atoms with Crippen LogP contribution in [0.2, 0.25) is 0 Å². The van der Waals surface area contributed by atoms with Crippen LogP contribution in [0.1, 0.15) is 24.2 Å². The van der Waals surface area contributed by atoms with Gasteiger partial charge in [-0.25, -0.2) is 18.4 Å². The number of para-hydroxylation sites is 1. The molecule has 1 saturated heterocycles. The molecule has 14 heteroatoms. The molecule has 1 aromatic carbocycles. The highest BCUT2D eigenvalue weighted by atomic mass is 32.2. The highest BCUT2D eigenvalue weighted by Gasteiger charge is 2.51. The number of rotatable bonds is 5. The fourth-order valence-corrected chi connectivity index (χ4v) is 6.93. The summed E-state index contributed by atoms with van der Waals surface area (Å²) >= 11 is 0.979. The summed E-state index contributed by atoms with van der Waals surface area (Å²) in [4.78, 5) is 13.3. The number of nitrogens with two attached hydrogens (primary N) is 1. The second-order valence-corrected chi connectivity index (χ2v) is 12.2. The SMILES string of the molecule is CC(O)(c1cnc(N2CCN(S(=O)(=O)c3ccc(N)s3)C[C@H]2c2cc3ccccc3[nH]2)nc1)C(F)(F)F. The number of nitrogen functional groups attached to an aromatic ring is 1. The van der Waals surface area contributed by atoms with Crippen molar-refractivity contribution in [1.82, 2.24) is 19.3 Å². The number of hydrogen-bond donors (Lipinski definition) is 3. The number of anilines is 2. The fourth-order valence-electron chi connectivity index (χ4n) is 4.24. The summed E-state index contributed by atoms with van der Waals surface area (Å²) in [7, 11) is -3.83. The monoisotopic (exact) mass is 552 g/mol. The van der Waals surface area contributed by atoms with Crippen LogP contribution in [0.25, 0.3) is 10.9 Å². The lowest BCUT2D eigenvalue weighted by Gasteiger charge is -2.40. The summed E-state index contributed by atoms with van der Waals surface area (Å²) < 4.78 is 67.9. The van der Waals surface area contributed by atoms with Gasteiger partial charge in [-0.2, -0.15) is 17.5 Å². The highest BCUT2D eigenvalue weighted by molar-refractivity contribution is 7.91. The van der Waals surface area contributed by atoms with Crippen molar-refractivity contribution in [2.75, 3.05) is 30.3 Å². The van der Waals surface area contributed by atoms with Crippen molar-refractivity contribution in [1.29, 1.82) is 0 Å². The number of thiophene rings is 1. The molecule has 0 saturated carbocycles. The Bertz CT molecular complexity index is 1500. The van der Waals surface area contributed by atoms with E-state index in [1.165, 1.54) is 16.4 Å². The molecule has 4 heterocycles. The van der Waals surface area contributed by atoms with Gasteiger partial charge in [-0.15, -0.1) is 11.3 Å². The highest BCUT2D eigenvalue weighted by Crippen LogP contribution is 2.39. The molecule has 3 aromatic heterocycles. The molecule has 37 heavy (non-hydrogen) atoms. The summed E-state index contributed by atoms with van der Waals surface area (Å²) in [6.45, 7) is 0.954. The number of nitrogens with zero attached hydrogens (tertiary/aromatic N) is 4. The molecule has 0 amide bonds. The number of aromatic nitrogens is 3. The summed E-state index contributed by atoms with van der Waals surface area (Å²) in [6.07, 6.45) is -3.03. The zero-order chi connectivity index (χ0) is 26.6. The number of aromatic amines is 1. The molecule has 1 aliphatic rings. The lowest BCUT2D eigenvalue weighted by atomic mass is 9.99. The first-order valence-corrected chi connectivity index (χ1v) is 13.4. The van der Waals surface area contributed by atoms with Crippen LogP contribution in [0.5, 0.6) is 0 Å². The van der Waals surface area contributed by atoms with Crippen molar-refractivity contribution in [3.8, 4) is 0 Å². The standard InChI is InChI=1S/C23H23F3N6O3S2/c1-22(33,23(24,25)26)15-11-28-21(29-12-15)32-9-8-31(37(34,35)20-7-6-19(27)36-20)13-18(32)17-10-14-4-2-3-5-16(14)30-17/h2-7,10-12,18,30,33H,8-9,13,27H2,1H3/t18-,22?/m0/s1. The van der Waals surface area contributed by atoms with Crippen molar-refractivity contribution in [2.24, 2.45) is 0 Å². The van der Waals surface area contributed by atoms with E-state index in [0.29, 0.717) is 17.6 Å². The Kier molecular flexibility index (Phi) is 6.17. The van der Waals surface area contributed by atoms with E-state index in [4.69, 9.17) is 5.73 Å². The van der Waals surface area contributed by atoms with Gasteiger partial charge in [-0.05, 0) is 36.6 Å². The van der Waals surface area contributed by atoms with E-state index >= 15 is 0 Å². The van der Waals surface area contributed by atoms with Gasteiger partial charge in [0.2, 0.25) is 5.95 Å². The van der Waals surface area contributed by atoms with Crippen molar-refractivity contribution in [3.63, 3.8) is 0 Å². The molecule has 2 atom stereocenters. The first-order chi connectivity index (χ1) is 17.4. The number of alkyl halides is 3. The minimum absolute atomic E-state index is 0.0400. The van der Waals surface area contributed by atoms with E-state index in [-0.39, 0.29) is 29.8 Å². The van der Waals surface area contributed by atoms with Crippen molar-refractivity contribution >= 4 is 43.2 Å². The summed E-state index contributed by atoms with van der Waals surface area (Å²) in [5.74, 6) is 0.114. The molecule has 196 valence electrons. The predicted molar refractivity (Wildman–Crippen MR) is 134 cm³/mol. The molecule has 4 aromatic rings. The third-order valence-corrected chi connectivity index (χ3v) is 9.71. The van der Waals surface area contributed by atoms with Crippen LogP contribution in [0.3, 0.4) is 0 Å². The van der Waals surface area contributed by atoms with Gasteiger partial charge in [0, 0.05) is 48.8 Å². The lowest BCUT2D eigenvalue weighted by molar-refractivity contribution is -0.259. The molecular formula is C23H23F3N6O3S2. The molecule has 1 aliphatic heterocycles. The first-order valence-electron chi connectivity index (χ1n) is 11.2. The van der Waals surface area contributed by atoms with Gasteiger partial charge in [0.25, 0.3) is 10.0 Å². The molecule has 5 rings (SSSR count). The van der Waals surface area contributed by atoms with Crippen LogP contribution < -0.4 is 10.6 Å². The number of sulfonamides is 1. The van der Waals surface area contributed by atoms with Gasteiger partial charge in [0.1, 0.15) is 4.21 Å². The molecule has 0 spiro atoms. The summed E-state index contributed by atoms with van der Waals surface area (Å²) in [6, 6.07) is 11.9. The number of H-pyrrole nitrogens is 1. The predicted octanol–water partition coefficient (Wildman–Crippen LogP) is 3.62.